The number of methoxy groups -OCH3 is 1. The maximum Gasteiger partial charge on any atom is 0.436 e. The minimum Gasteiger partial charge on any atom is -0.497 e. The lowest BCUT2D eigenvalue weighted by Crippen LogP contribution is -2.31. The van der Waals surface area contributed by atoms with Crippen LogP contribution < -0.4 is 21.1 Å². The van der Waals surface area contributed by atoms with Crippen LogP contribution >= 0.6 is 0 Å². The Hall–Kier alpha value is -4.08. The molecule has 0 radical (unpaired) electrons. The van der Waals surface area contributed by atoms with Crippen molar-refractivity contribution in [3.8, 4) is 5.75 Å². The minimum atomic E-state index is -0.799. The lowest BCUT2D eigenvalue weighted by molar-refractivity contribution is -0.124. The third-order valence-electron chi connectivity index (χ3n) is 4.34. The Morgan fingerprint density at radius 1 is 1.09 bits per heavy atom. The first kappa shape index (κ1) is 26.2. The number of amides is 3. The normalized spacial score (nSPS) is 12.3. The number of hydrogen-bond donors (Lipinski definition) is 3. The van der Waals surface area contributed by atoms with Gasteiger partial charge in [-0.15, -0.1) is 0 Å². The van der Waals surface area contributed by atoms with Gasteiger partial charge < -0.3 is 25.3 Å². The second-order valence-corrected chi connectivity index (χ2v) is 8.32. The molecule has 0 aliphatic heterocycles. The molecule has 0 fully saturated rings. The molecule has 182 valence electrons. The Balaban J connectivity index is 1.83. The van der Waals surface area contributed by atoms with Gasteiger partial charge in [0.1, 0.15) is 17.2 Å². The monoisotopic (exact) mass is 470 g/mol. The number of benzene rings is 2. The van der Waals surface area contributed by atoms with Crippen LogP contribution in [0.25, 0.3) is 0 Å². The van der Waals surface area contributed by atoms with E-state index in [9.17, 15) is 14.4 Å². The van der Waals surface area contributed by atoms with E-state index < -0.39 is 30.3 Å². The van der Waals surface area contributed by atoms with Crippen LogP contribution in [0, 0.1) is 0 Å². The van der Waals surface area contributed by atoms with Crippen LogP contribution in [0.4, 0.5) is 15.3 Å². The molecule has 4 N–H and O–H groups in total. The Morgan fingerprint density at radius 3 is 2.38 bits per heavy atom. The van der Waals surface area contributed by atoms with Crippen molar-refractivity contribution in [2.75, 3.05) is 19.0 Å². The van der Waals surface area contributed by atoms with E-state index in [0.717, 1.165) is 5.56 Å². The molecule has 2 aromatic carbocycles. The van der Waals surface area contributed by atoms with Gasteiger partial charge in [-0.05, 0) is 69.7 Å². The summed E-state index contributed by atoms with van der Waals surface area (Å²) in [7, 11) is 1.56. The Bertz CT molecular complexity index is 1040. The second kappa shape index (κ2) is 11.7. The van der Waals surface area contributed by atoms with E-state index in [2.05, 4.69) is 15.6 Å². The number of carbonyl (C=O) groups excluding carboxylic acids is 3. The molecule has 0 bridgehead atoms. The van der Waals surface area contributed by atoms with Gasteiger partial charge in [-0.2, -0.15) is 4.99 Å². The molecule has 1 atom stereocenters. The SMILES string of the molecule is COc1cccc([C@H](C)NC(=O)COC(=O)Nc2ccc(C(N)=NC(=O)OC(C)(C)C)cc2)c1. The summed E-state index contributed by atoms with van der Waals surface area (Å²) in [5.74, 6) is 0.204. The molecule has 0 heterocycles. The molecule has 3 amide bonds. The van der Waals surface area contributed by atoms with E-state index in [1.54, 1.807) is 58.2 Å². The lowest BCUT2D eigenvalue weighted by Gasteiger charge is -2.17. The molecular formula is C24H30N4O6. The second-order valence-electron chi connectivity index (χ2n) is 8.32. The van der Waals surface area contributed by atoms with Crippen LogP contribution in [0.3, 0.4) is 0 Å². The van der Waals surface area contributed by atoms with Crippen LogP contribution in [0.5, 0.6) is 5.75 Å². The molecule has 10 nitrogen and oxygen atoms in total. The van der Waals surface area contributed by atoms with Crippen LogP contribution in [0.15, 0.2) is 53.5 Å². The molecule has 2 rings (SSSR count). The molecule has 0 aromatic heterocycles. The number of nitrogens with two attached hydrogens (primary N) is 1. The summed E-state index contributed by atoms with van der Waals surface area (Å²) in [5.41, 5.74) is 6.88. The van der Waals surface area contributed by atoms with Crippen molar-refractivity contribution < 1.29 is 28.6 Å². The fourth-order valence-corrected chi connectivity index (χ4v) is 2.73. The molecule has 10 heteroatoms. The summed E-state index contributed by atoms with van der Waals surface area (Å²) in [5, 5.41) is 5.26. The number of rotatable bonds is 7. The van der Waals surface area contributed by atoms with Crippen LogP contribution in [0.1, 0.15) is 44.9 Å². The van der Waals surface area contributed by atoms with E-state index in [-0.39, 0.29) is 11.9 Å². The number of anilines is 1. The zero-order valence-corrected chi connectivity index (χ0v) is 19.9. The van der Waals surface area contributed by atoms with Crippen molar-refractivity contribution in [1.29, 1.82) is 0 Å². The Morgan fingerprint density at radius 2 is 1.76 bits per heavy atom. The number of ether oxygens (including phenoxy) is 3. The average Bonchev–Trinajstić information content (AvgIpc) is 2.76. The fourth-order valence-electron chi connectivity index (χ4n) is 2.73. The Kier molecular flexibility index (Phi) is 9.00. The molecule has 0 spiro atoms. The van der Waals surface area contributed by atoms with E-state index in [0.29, 0.717) is 17.0 Å². The summed E-state index contributed by atoms with van der Waals surface area (Å²) < 4.78 is 15.2. The van der Waals surface area contributed by atoms with Crippen molar-refractivity contribution in [2.24, 2.45) is 10.7 Å². The number of aliphatic imine (C=N–C) groups is 1. The van der Waals surface area contributed by atoms with Gasteiger partial charge in [-0.3, -0.25) is 10.1 Å². The predicted octanol–water partition coefficient (Wildman–Crippen LogP) is 3.76. The third-order valence-corrected chi connectivity index (χ3v) is 4.34. The smallest absolute Gasteiger partial charge is 0.436 e. The zero-order chi connectivity index (χ0) is 25.3. The van der Waals surface area contributed by atoms with Gasteiger partial charge in [0, 0.05) is 11.3 Å². The standard InChI is InChI=1S/C24H30N4O6/c1-15(17-7-6-8-19(13-17)32-5)26-20(29)14-33-22(30)27-18-11-9-16(10-12-18)21(25)28-23(31)34-24(2,3)4/h6-13,15H,14H2,1-5H3,(H,26,29)(H,27,30)(H2,25,28,31)/t15-/m0/s1. The zero-order valence-electron chi connectivity index (χ0n) is 19.9. The number of nitrogens with one attached hydrogen (secondary N) is 2. The predicted molar refractivity (Wildman–Crippen MR) is 128 cm³/mol. The minimum absolute atomic E-state index is 0.0230. The highest BCUT2D eigenvalue weighted by Crippen LogP contribution is 2.18. The first-order chi connectivity index (χ1) is 16.0. The van der Waals surface area contributed by atoms with Gasteiger partial charge in [0.2, 0.25) is 0 Å². The summed E-state index contributed by atoms with van der Waals surface area (Å²) in [6.07, 6.45) is -1.60. The van der Waals surface area contributed by atoms with Gasteiger partial charge in [0.05, 0.1) is 13.2 Å². The van der Waals surface area contributed by atoms with Crippen molar-refractivity contribution in [1.82, 2.24) is 5.32 Å². The van der Waals surface area contributed by atoms with E-state index in [1.807, 2.05) is 25.1 Å². The largest absolute Gasteiger partial charge is 0.497 e. The van der Waals surface area contributed by atoms with Crippen molar-refractivity contribution in [2.45, 2.75) is 39.3 Å². The molecule has 0 saturated carbocycles. The highest BCUT2D eigenvalue weighted by Gasteiger charge is 2.16. The average molecular weight is 471 g/mol. The third kappa shape index (κ3) is 8.81. The summed E-state index contributed by atoms with van der Waals surface area (Å²) in [6.45, 7) is 6.53. The summed E-state index contributed by atoms with van der Waals surface area (Å²) in [6, 6.07) is 13.3. The Labute approximate surface area is 198 Å². The quantitative estimate of drug-likeness (QED) is 0.413. The number of amidine groups is 1. The number of hydrogen-bond acceptors (Lipinski definition) is 6. The molecule has 34 heavy (non-hydrogen) atoms. The van der Waals surface area contributed by atoms with Gasteiger partial charge in [-0.1, -0.05) is 12.1 Å². The molecule has 2 aromatic rings. The van der Waals surface area contributed by atoms with E-state index in [4.69, 9.17) is 19.9 Å². The van der Waals surface area contributed by atoms with Gasteiger partial charge in [-0.25, -0.2) is 9.59 Å². The van der Waals surface area contributed by atoms with Gasteiger partial charge in [0.25, 0.3) is 5.91 Å². The highest BCUT2D eigenvalue weighted by atomic mass is 16.6. The summed E-state index contributed by atoms with van der Waals surface area (Å²) >= 11 is 0. The van der Waals surface area contributed by atoms with Crippen molar-refractivity contribution in [3.63, 3.8) is 0 Å². The highest BCUT2D eigenvalue weighted by molar-refractivity contribution is 6.03. The van der Waals surface area contributed by atoms with Crippen molar-refractivity contribution in [3.05, 3.63) is 59.7 Å². The van der Waals surface area contributed by atoms with Crippen LogP contribution in [-0.2, 0) is 14.3 Å². The van der Waals surface area contributed by atoms with Gasteiger partial charge >= 0.3 is 12.2 Å². The maximum absolute atomic E-state index is 12.1. The molecule has 0 unspecified atom stereocenters. The first-order valence-electron chi connectivity index (χ1n) is 10.5. The van der Waals surface area contributed by atoms with E-state index in [1.165, 1.54) is 0 Å². The molecule has 0 saturated heterocycles. The van der Waals surface area contributed by atoms with E-state index >= 15 is 0 Å². The van der Waals surface area contributed by atoms with Gasteiger partial charge in [0.15, 0.2) is 6.61 Å². The molecular weight excluding hydrogens is 440 g/mol. The number of carbonyl (C=O) groups is 3. The molecule has 0 aliphatic rings. The van der Waals surface area contributed by atoms with Crippen molar-refractivity contribution >= 4 is 29.6 Å². The lowest BCUT2D eigenvalue weighted by atomic mass is 10.1. The maximum atomic E-state index is 12.1. The molecule has 0 aliphatic carbocycles. The van der Waals surface area contributed by atoms with Crippen LogP contribution in [0.2, 0.25) is 0 Å². The summed E-state index contributed by atoms with van der Waals surface area (Å²) in [4.78, 5) is 39.6. The first-order valence-corrected chi connectivity index (χ1v) is 10.5. The number of nitrogens with zero attached hydrogens (tertiary/aromatic N) is 1. The topological polar surface area (TPSA) is 141 Å². The fraction of sp³-hybridized carbons (Fsp3) is 0.333. The van der Waals surface area contributed by atoms with Crippen LogP contribution in [-0.4, -0.2) is 43.2 Å².